The molecular formula is C10H22N2O2. The van der Waals surface area contributed by atoms with Crippen molar-refractivity contribution in [2.45, 2.75) is 13.8 Å². The third-order valence-corrected chi connectivity index (χ3v) is 1.82. The molecule has 0 aromatic rings. The monoisotopic (exact) mass is 202 g/mol. The first-order chi connectivity index (χ1) is 6.70. The normalized spacial score (nSPS) is 16.2. The zero-order valence-electron chi connectivity index (χ0n) is 9.75. The van der Waals surface area contributed by atoms with Crippen LogP contribution in [-0.2, 0) is 9.53 Å². The van der Waals surface area contributed by atoms with Crippen molar-refractivity contribution in [2.75, 3.05) is 46.9 Å². The van der Waals surface area contributed by atoms with Gasteiger partial charge in [0.05, 0.1) is 19.8 Å². The molecule has 1 aliphatic rings. The molecule has 0 unspecified atom stereocenters. The Morgan fingerprint density at radius 3 is 2.21 bits per heavy atom. The van der Waals surface area contributed by atoms with Gasteiger partial charge >= 0.3 is 0 Å². The summed E-state index contributed by atoms with van der Waals surface area (Å²) in [6, 6.07) is 0. The fraction of sp³-hybridized carbons (Fsp3) is 0.900. The number of morpholine rings is 1. The molecule has 0 bridgehead atoms. The highest BCUT2D eigenvalue weighted by molar-refractivity contribution is 5.78. The summed E-state index contributed by atoms with van der Waals surface area (Å²) in [5, 5.41) is 0. The highest BCUT2D eigenvalue weighted by atomic mass is 16.5. The van der Waals surface area contributed by atoms with Gasteiger partial charge in [0.15, 0.2) is 0 Å². The number of nitrogens with zero attached hydrogens (tertiary/aromatic N) is 2. The summed E-state index contributed by atoms with van der Waals surface area (Å²) in [6.45, 7) is 7.34. The Balaban J connectivity index is 0.000000791. The Bertz CT molecular complexity index is 154. The molecule has 1 saturated heterocycles. The van der Waals surface area contributed by atoms with Gasteiger partial charge < -0.3 is 14.5 Å². The van der Waals surface area contributed by atoms with Crippen LogP contribution in [-0.4, -0.2) is 62.7 Å². The molecule has 0 spiro atoms. The largest absolute Gasteiger partial charge is 0.378 e. The maximum atomic E-state index is 11.4. The lowest BCUT2D eigenvalue weighted by Gasteiger charge is -2.27. The summed E-state index contributed by atoms with van der Waals surface area (Å²) in [7, 11) is 3.80. The van der Waals surface area contributed by atoms with Gasteiger partial charge in [-0.25, -0.2) is 0 Å². The summed E-state index contributed by atoms with van der Waals surface area (Å²) < 4.78 is 5.15. The molecule has 0 aromatic carbocycles. The van der Waals surface area contributed by atoms with Crippen molar-refractivity contribution in [3.63, 3.8) is 0 Å². The molecular weight excluding hydrogens is 180 g/mol. The maximum absolute atomic E-state index is 11.4. The number of amides is 1. The lowest BCUT2D eigenvalue weighted by Crippen LogP contribution is -2.44. The molecule has 1 rings (SSSR count). The molecule has 0 saturated carbocycles. The molecule has 0 radical (unpaired) electrons. The quantitative estimate of drug-likeness (QED) is 0.651. The van der Waals surface area contributed by atoms with Crippen molar-refractivity contribution in [3.8, 4) is 0 Å². The maximum Gasteiger partial charge on any atom is 0.236 e. The van der Waals surface area contributed by atoms with Crippen molar-refractivity contribution >= 4 is 5.91 Å². The molecule has 1 fully saturated rings. The number of carbonyl (C=O) groups excluding carboxylic acids is 1. The summed E-state index contributed by atoms with van der Waals surface area (Å²) in [5.74, 6) is 0.198. The van der Waals surface area contributed by atoms with E-state index in [1.807, 2.05) is 37.7 Å². The Morgan fingerprint density at radius 2 is 1.79 bits per heavy atom. The average Bonchev–Trinajstić information content (AvgIpc) is 2.21. The average molecular weight is 202 g/mol. The number of ether oxygens (including phenoxy) is 1. The summed E-state index contributed by atoms with van der Waals surface area (Å²) in [5.41, 5.74) is 0. The molecule has 1 amide bonds. The van der Waals surface area contributed by atoms with E-state index in [-0.39, 0.29) is 5.91 Å². The molecule has 0 aromatic heterocycles. The van der Waals surface area contributed by atoms with Gasteiger partial charge in [-0.3, -0.25) is 4.79 Å². The van der Waals surface area contributed by atoms with E-state index in [2.05, 4.69) is 0 Å². The van der Waals surface area contributed by atoms with Crippen LogP contribution in [0.2, 0.25) is 0 Å². The number of hydrogen-bond donors (Lipinski definition) is 0. The van der Waals surface area contributed by atoms with Crippen molar-refractivity contribution in [1.82, 2.24) is 9.80 Å². The smallest absolute Gasteiger partial charge is 0.236 e. The predicted octanol–water partition coefficient (Wildman–Crippen LogP) is 0.433. The molecule has 0 N–H and O–H groups in total. The van der Waals surface area contributed by atoms with Gasteiger partial charge in [0.2, 0.25) is 5.91 Å². The SMILES string of the molecule is CC.CN(C)CC(=O)N1CCOCC1. The lowest BCUT2D eigenvalue weighted by atomic mass is 10.4. The first-order valence-electron chi connectivity index (χ1n) is 5.20. The second-order valence-corrected chi connectivity index (χ2v) is 3.23. The highest BCUT2D eigenvalue weighted by Crippen LogP contribution is 1.97. The number of rotatable bonds is 2. The van der Waals surface area contributed by atoms with Crippen LogP contribution >= 0.6 is 0 Å². The second kappa shape index (κ2) is 7.76. The molecule has 4 nitrogen and oxygen atoms in total. The van der Waals surface area contributed by atoms with Gasteiger partial charge in [-0.2, -0.15) is 0 Å². The van der Waals surface area contributed by atoms with Crippen LogP contribution in [0.5, 0.6) is 0 Å². The van der Waals surface area contributed by atoms with E-state index in [1.165, 1.54) is 0 Å². The Labute approximate surface area is 86.8 Å². The van der Waals surface area contributed by atoms with Crippen molar-refractivity contribution < 1.29 is 9.53 Å². The minimum Gasteiger partial charge on any atom is -0.378 e. The lowest BCUT2D eigenvalue weighted by molar-refractivity contribution is -0.135. The molecule has 4 heteroatoms. The molecule has 14 heavy (non-hydrogen) atoms. The van der Waals surface area contributed by atoms with E-state index >= 15 is 0 Å². The van der Waals surface area contributed by atoms with Crippen LogP contribution in [0.15, 0.2) is 0 Å². The number of likely N-dealkylation sites (N-methyl/N-ethyl adjacent to an activating group) is 1. The van der Waals surface area contributed by atoms with Crippen LogP contribution in [0.3, 0.4) is 0 Å². The van der Waals surface area contributed by atoms with Crippen molar-refractivity contribution in [3.05, 3.63) is 0 Å². The van der Waals surface area contributed by atoms with Gasteiger partial charge in [-0.15, -0.1) is 0 Å². The van der Waals surface area contributed by atoms with E-state index in [4.69, 9.17) is 4.74 Å². The summed E-state index contributed by atoms with van der Waals surface area (Å²) in [6.07, 6.45) is 0. The van der Waals surface area contributed by atoms with Gasteiger partial charge in [0.25, 0.3) is 0 Å². The number of carbonyl (C=O) groups is 1. The third-order valence-electron chi connectivity index (χ3n) is 1.82. The van der Waals surface area contributed by atoms with Crippen LogP contribution < -0.4 is 0 Å². The van der Waals surface area contributed by atoms with Gasteiger partial charge in [-0.05, 0) is 14.1 Å². The Kier molecular flexibility index (Phi) is 7.42. The second-order valence-electron chi connectivity index (χ2n) is 3.23. The molecule has 1 aliphatic heterocycles. The standard InChI is InChI=1S/C8H16N2O2.C2H6/c1-9(2)7-8(11)10-3-5-12-6-4-10;1-2/h3-7H2,1-2H3;1-2H3. The van der Waals surface area contributed by atoms with Crippen LogP contribution in [0.25, 0.3) is 0 Å². The first-order valence-corrected chi connectivity index (χ1v) is 5.20. The Hall–Kier alpha value is -0.610. The Morgan fingerprint density at radius 1 is 1.29 bits per heavy atom. The van der Waals surface area contributed by atoms with Gasteiger partial charge in [-0.1, -0.05) is 13.8 Å². The van der Waals surface area contributed by atoms with E-state index in [1.54, 1.807) is 0 Å². The number of hydrogen-bond acceptors (Lipinski definition) is 3. The van der Waals surface area contributed by atoms with E-state index in [9.17, 15) is 4.79 Å². The predicted molar refractivity (Wildman–Crippen MR) is 57.3 cm³/mol. The molecule has 1 heterocycles. The van der Waals surface area contributed by atoms with Crippen molar-refractivity contribution in [2.24, 2.45) is 0 Å². The third kappa shape index (κ3) is 5.19. The molecule has 84 valence electrons. The fourth-order valence-electron chi connectivity index (χ4n) is 1.18. The zero-order chi connectivity index (χ0) is 11.0. The van der Waals surface area contributed by atoms with Crippen LogP contribution in [0, 0.1) is 0 Å². The van der Waals surface area contributed by atoms with E-state index in [0.29, 0.717) is 19.8 Å². The van der Waals surface area contributed by atoms with Crippen LogP contribution in [0.4, 0.5) is 0 Å². The zero-order valence-corrected chi connectivity index (χ0v) is 9.75. The fourth-order valence-corrected chi connectivity index (χ4v) is 1.18. The first kappa shape index (κ1) is 13.4. The van der Waals surface area contributed by atoms with Gasteiger partial charge in [0.1, 0.15) is 0 Å². The molecule has 0 aliphatic carbocycles. The highest BCUT2D eigenvalue weighted by Gasteiger charge is 2.16. The minimum atomic E-state index is 0.198. The minimum absolute atomic E-state index is 0.198. The van der Waals surface area contributed by atoms with Gasteiger partial charge in [0, 0.05) is 13.1 Å². The van der Waals surface area contributed by atoms with E-state index in [0.717, 1.165) is 13.1 Å². The molecule has 0 atom stereocenters. The summed E-state index contributed by atoms with van der Waals surface area (Å²) in [4.78, 5) is 15.2. The topological polar surface area (TPSA) is 32.8 Å². The van der Waals surface area contributed by atoms with E-state index < -0.39 is 0 Å². The summed E-state index contributed by atoms with van der Waals surface area (Å²) >= 11 is 0. The van der Waals surface area contributed by atoms with Crippen LogP contribution in [0.1, 0.15) is 13.8 Å². The van der Waals surface area contributed by atoms with Crippen molar-refractivity contribution in [1.29, 1.82) is 0 Å².